The molecule has 0 aliphatic carbocycles. The van der Waals surface area contributed by atoms with E-state index in [1.54, 1.807) is 6.20 Å². The van der Waals surface area contributed by atoms with Crippen molar-refractivity contribution < 1.29 is 0 Å². The Balaban J connectivity index is 1.08. The zero-order chi connectivity index (χ0) is 45.8. The molecule has 0 radical (unpaired) electrons. The van der Waals surface area contributed by atoms with Crippen LogP contribution in [-0.2, 0) is 0 Å². The van der Waals surface area contributed by atoms with Crippen molar-refractivity contribution in [2.24, 2.45) is 0 Å². The van der Waals surface area contributed by atoms with Crippen molar-refractivity contribution in [1.29, 1.82) is 0 Å². The maximum atomic E-state index is 5.24. The van der Waals surface area contributed by atoms with E-state index in [2.05, 4.69) is 115 Å². The van der Waals surface area contributed by atoms with Crippen LogP contribution >= 0.6 is 0 Å². The molecule has 0 aliphatic heterocycles. The first-order chi connectivity index (χ1) is 33.5. The lowest BCUT2D eigenvalue weighted by Crippen LogP contribution is -2.02. The molecule has 0 bridgehead atoms. The first kappa shape index (κ1) is 41.6. The molecule has 0 amide bonds. The van der Waals surface area contributed by atoms with Gasteiger partial charge in [0.2, 0.25) is 0 Å². The molecule has 0 saturated carbocycles. The number of aromatic nitrogens is 8. The van der Waals surface area contributed by atoms with Gasteiger partial charge < -0.3 is 0 Å². The number of nitrogens with zero attached hydrogens (tertiary/aromatic N) is 8. The minimum Gasteiger partial charge on any atom is -0.264 e. The van der Waals surface area contributed by atoms with Crippen LogP contribution in [0.2, 0.25) is 0 Å². The third kappa shape index (κ3) is 8.45. The molecule has 4 heterocycles. The maximum absolute atomic E-state index is 5.24. The molecule has 8 nitrogen and oxygen atoms in total. The van der Waals surface area contributed by atoms with Gasteiger partial charge in [-0.25, -0.2) is 29.9 Å². The average Bonchev–Trinajstić information content (AvgIpc) is 3.41. The van der Waals surface area contributed by atoms with Crippen LogP contribution in [0.4, 0.5) is 0 Å². The molecule has 11 rings (SSSR count). The summed E-state index contributed by atoms with van der Waals surface area (Å²) in [6, 6.07) is 70.1. The molecule has 68 heavy (non-hydrogen) atoms. The zero-order valence-electron chi connectivity index (χ0n) is 37.4. The lowest BCUT2D eigenvalue weighted by atomic mass is 9.85. The molecule has 0 fully saturated rings. The van der Waals surface area contributed by atoms with Crippen LogP contribution in [0.25, 0.3) is 113 Å². The summed E-state index contributed by atoms with van der Waals surface area (Å²) < 4.78 is 0. The van der Waals surface area contributed by atoms with E-state index in [1.807, 2.05) is 116 Å². The molecule has 7 aromatic carbocycles. The molecule has 4 aromatic heterocycles. The molecule has 322 valence electrons. The minimum absolute atomic E-state index is 0.566. The van der Waals surface area contributed by atoms with Gasteiger partial charge in [-0.3, -0.25) is 9.97 Å². The Labute approximate surface area is 394 Å². The van der Waals surface area contributed by atoms with E-state index < -0.39 is 0 Å². The number of pyridine rings is 2. The van der Waals surface area contributed by atoms with Gasteiger partial charge in [0.15, 0.2) is 34.9 Å². The van der Waals surface area contributed by atoms with Crippen molar-refractivity contribution in [3.05, 3.63) is 230 Å². The summed E-state index contributed by atoms with van der Waals surface area (Å²) in [4.78, 5) is 39.9. The number of benzene rings is 7. The standard InChI is InChI=1S/C60H42N8/c1-39-30-35-49(40(2)62-39)54-50(46-23-14-24-47(37-46)59-65-55(42-17-6-3-7-18-42)63-56(66-59)43-19-8-4-9-20-43)28-15-29-52(54)51-26-12-13-27-53(51)60-67-57(44-21-10-5-11-22-44)64-58(68-60)45-33-31-41(32-34-45)48-25-16-36-61-38-48/h3-38H,1-2H3. The highest BCUT2D eigenvalue weighted by Crippen LogP contribution is 2.44. The van der Waals surface area contributed by atoms with Crippen LogP contribution in [0, 0.1) is 13.8 Å². The number of hydrogen-bond acceptors (Lipinski definition) is 8. The highest BCUT2D eigenvalue weighted by molar-refractivity contribution is 5.99. The predicted octanol–water partition coefficient (Wildman–Crippen LogP) is 14.1. The Hall–Kier alpha value is -9.14. The van der Waals surface area contributed by atoms with Gasteiger partial charge in [0, 0.05) is 62.7 Å². The Morgan fingerprint density at radius 3 is 1.28 bits per heavy atom. The highest BCUT2D eigenvalue weighted by Gasteiger charge is 2.22. The molecule has 0 saturated heterocycles. The number of rotatable bonds is 10. The van der Waals surface area contributed by atoms with Gasteiger partial charge in [-0.05, 0) is 71.0 Å². The second-order valence-electron chi connectivity index (χ2n) is 16.5. The normalized spacial score (nSPS) is 11.1. The molecular weight excluding hydrogens is 833 g/mol. The SMILES string of the molecule is Cc1ccc(-c2c(-c3cccc(-c4nc(-c5ccccc5)nc(-c5ccccc5)n4)c3)cccc2-c2ccccc2-c2nc(-c3ccccc3)nc(-c3ccc(-c4cccnc4)cc3)n2)c(C)n1. The summed E-state index contributed by atoms with van der Waals surface area (Å²) >= 11 is 0. The Kier molecular flexibility index (Phi) is 11.2. The summed E-state index contributed by atoms with van der Waals surface area (Å²) in [7, 11) is 0. The fraction of sp³-hybridized carbons (Fsp3) is 0.0333. The van der Waals surface area contributed by atoms with Crippen molar-refractivity contribution in [2.45, 2.75) is 13.8 Å². The minimum atomic E-state index is 0.566. The van der Waals surface area contributed by atoms with Crippen molar-refractivity contribution in [1.82, 2.24) is 39.9 Å². The van der Waals surface area contributed by atoms with E-state index in [0.717, 1.165) is 89.3 Å². The predicted molar refractivity (Wildman–Crippen MR) is 273 cm³/mol. The molecule has 0 aliphatic rings. The van der Waals surface area contributed by atoms with Crippen molar-refractivity contribution in [3.8, 4) is 113 Å². The quantitative estimate of drug-likeness (QED) is 0.134. The average molecular weight is 875 g/mol. The van der Waals surface area contributed by atoms with Crippen LogP contribution in [0.5, 0.6) is 0 Å². The van der Waals surface area contributed by atoms with E-state index >= 15 is 0 Å². The number of aryl methyl sites for hydroxylation is 2. The van der Waals surface area contributed by atoms with Gasteiger partial charge in [0.25, 0.3) is 0 Å². The van der Waals surface area contributed by atoms with Gasteiger partial charge >= 0.3 is 0 Å². The van der Waals surface area contributed by atoms with E-state index in [9.17, 15) is 0 Å². The Bertz CT molecular complexity index is 3510. The highest BCUT2D eigenvalue weighted by atomic mass is 15.0. The molecule has 0 spiro atoms. The van der Waals surface area contributed by atoms with Crippen molar-refractivity contribution in [3.63, 3.8) is 0 Å². The summed E-state index contributed by atoms with van der Waals surface area (Å²) in [5, 5.41) is 0. The molecular formula is C60H42N8. The van der Waals surface area contributed by atoms with Gasteiger partial charge in [-0.2, -0.15) is 0 Å². The van der Waals surface area contributed by atoms with Crippen LogP contribution in [0.3, 0.4) is 0 Å². The molecule has 8 heteroatoms. The third-order valence-electron chi connectivity index (χ3n) is 12.0. The fourth-order valence-electron chi connectivity index (χ4n) is 8.62. The lowest BCUT2D eigenvalue weighted by Gasteiger charge is -2.20. The van der Waals surface area contributed by atoms with Gasteiger partial charge in [0.05, 0.1) is 0 Å². The van der Waals surface area contributed by atoms with Gasteiger partial charge in [0.1, 0.15) is 0 Å². The monoisotopic (exact) mass is 874 g/mol. The summed E-state index contributed by atoms with van der Waals surface area (Å²) in [6.45, 7) is 4.11. The Morgan fingerprint density at radius 1 is 0.265 bits per heavy atom. The summed E-state index contributed by atoms with van der Waals surface area (Å²) in [6.07, 6.45) is 3.65. The summed E-state index contributed by atoms with van der Waals surface area (Å²) in [5.41, 5.74) is 15.4. The smallest absolute Gasteiger partial charge is 0.164 e. The lowest BCUT2D eigenvalue weighted by molar-refractivity contribution is 1.07. The van der Waals surface area contributed by atoms with Crippen LogP contribution < -0.4 is 0 Å². The molecule has 0 unspecified atom stereocenters. The largest absolute Gasteiger partial charge is 0.264 e. The third-order valence-corrected chi connectivity index (χ3v) is 12.0. The topological polar surface area (TPSA) is 103 Å². The van der Waals surface area contributed by atoms with E-state index in [1.165, 1.54) is 0 Å². The van der Waals surface area contributed by atoms with Crippen LogP contribution in [-0.4, -0.2) is 39.9 Å². The van der Waals surface area contributed by atoms with Crippen LogP contribution in [0.15, 0.2) is 219 Å². The molecule has 0 atom stereocenters. The second kappa shape index (κ2) is 18.4. The van der Waals surface area contributed by atoms with Crippen molar-refractivity contribution in [2.75, 3.05) is 0 Å². The first-order valence-electron chi connectivity index (χ1n) is 22.5. The van der Waals surface area contributed by atoms with E-state index in [0.29, 0.717) is 34.9 Å². The summed E-state index contributed by atoms with van der Waals surface area (Å²) in [5.74, 6) is 3.54. The zero-order valence-corrected chi connectivity index (χ0v) is 37.4. The van der Waals surface area contributed by atoms with E-state index in [4.69, 9.17) is 34.9 Å². The number of hydrogen-bond donors (Lipinski definition) is 0. The van der Waals surface area contributed by atoms with Gasteiger partial charge in [-0.1, -0.05) is 188 Å². The second-order valence-corrected chi connectivity index (χ2v) is 16.5. The Morgan fingerprint density at radius 2 is 0.706 bits per heavy atom. The maximum Gasteiger partial charge on any atom is 0.164 e. The van der Waals surface area contributed by atoms with Crippen LogP contribution in [0.1, 0.15) is 11.4 Å². The first-order valence-corrected chi connectivity index (χ1v) is 22.5. The molecule has 11 aromatic rings. The van der Waals surface area contributed by atoms with Crippen molar-refractivity contribution >= 4 is 0 Å². The molecule has 0 N–H and O–H groups in total. The fourth-order valence-corrected chi connectivity index (χ4v) is 8.62. The van der Waals surface area contributed by atoms with Gasteiger partial charge in [-0.15, -0.1) is 0 Å². The van der Waals surface area contributed by atoms with E-state index in [-0.39, 0.29) is 0 Å².